The average Bonchev–Trinajstić information content (AvgIpc) is 3.45. The van der Waals surface area contributed by atoms with Crippen LogP contribution in [0.15, 0.2) is 45.5 Å². The van der Waals surface area contributed by atoms with Gasteiger partial charge in [-0.25, -0.2) is 0 Å². The van der Waals surface area contributed by atoms with Gasteiger partial charge in [-0.3, -0.25) is 14.4 Å². The SMILES string of the molecule is O=C(Nc1cccc(C(=O)N2CCN(C(=O)C3CCCO3)CC2)c1)c1ccc(Br)o1. The van der Waals surface area contributed by atoms with Crippen LogP contribution in [0.3, 0.4) is 0 Å². The third-order valence-electron chi connectivity index (χ3n) is 5.25. The Balaban J connectivity index is 1.35. The van der Waals surface area contributed by atoms with E-state index in [2.05, 4.69) is 21.2 Å². The Labute approximate surface area is 182 Å². The average molecular weight is 476 g/mol. The van der Waals surface area contributed by atoms with Gasteiger partial charge in [-0.05, 0) is 59.1 Å². The first-order valence-corrected chi connectivity index (χ1v) is 10.7. The molecule has 1 atom stereocenters. The van der Waals surface area contributed by atoms with Gasteiger partial charge in [0, 0.05) is 44.0 Å². The van der Waals surface area contributed by atoms with E-state index < -0.39 is 5.91 Å². The minimum atomic E-state index is -0.397. The van der Waals surface area contributed by atoms with E-state index in [4.69, 9.17) is 9.15 Å². The van der Waals surface area contributed by atoms with Gasteiger partial charge < -0.3 is 24.3 Å². The second-order valence-corrected chi connectivity index (χ2v) is 8.04. The number of rotatable bonds is 4. The minimum absolute atomic E-state index is 0.0221. The zero-order valence-electron chi connectivity index (χ0n) is 16.3. The number of amides is 3. The molecular formula is C21H22BrN3O5. The Morgan fingerprint density at radius 3 is 2.47 bits per heavy atom. The topological polar surface area (TPSA) is 92.1 Å². The molecule has 2 aliphatic rings. The Bertz CT molecular complexity index is 946. The summed E-state index contributed by atoms with van der Waals surface area (Å²) in [7, 11) is 0. The second kappa shape index (κ2) is 9.01. The zero-order valence-corrected chi connectivity index (χ0v) is 17.9. The number of hydrogen-bond acceptors (Lipinski definition) is 5. The summed E-state index contributed by atoms with van der Waals surface area (Å²) < 4.78 is 11.2. The zero-order chi connectivity index (χ0) is 21.1. The molecule has 30 heavy (non-hydrogen) atoms. The molecule has 2 aromatic rings. The first kappa shape index (κ1) is 20.6. The van der Waals surface area contributed by atoms with Crippen molar-refractivity contribution in [1.82, 2.24) is 9.80 Å². The molecule has 3 amide bonds. The van der Waals surface area contributed by atoms with E-state index in [0.29, 0.717) is 48.7 Å². The molecule has 1 N–H and O–H groups in total. The lowest BCUT2D eigenvalue weighted by atomic mass is 10.1. The summed E-state index contributed by atoms with van der Waals surface area (Å²) in [6, 6.07) is 9.99. The van der Waals surface area contributed by atoms with E-state index in [0.717, 1.165) is 12.8 Å². The summed E-state index contributed by atoms with van der Waals surface area (Å²) in [6.45, 7) is 2.56. The number of ether oxygens (including phenoxy) is 1. The highest BCUT2D eigenvalue weighted by Gasteiger charge is 2.31. The third kappa shape index (κ3) is 4.57. The van der Waals surface area contributed by atoms with Crippen LogP contribution in [0.1, 0.15) is 33.8 Å². The normalized spacial score (nSPS) is 19.0. The highest BCUT2D eigenvalue weighted by Crippen LogP contribution is 2.19. The van der Waals surface area contributed by atoms with Gasteiger partial charge in [0.1, 0.15) is 6.10 Å². The van der Waals surface area contributed by atoms with Crippen LogP contribution in [0.25, 0.3) is 0 Å². The molecule has 0 aliphatic carbocycles. The molecule has 2 saturated heterocycles. The van der Waals surface area contributed by atoms with Crippen LogP contribution >= 0.6 is 15.9 Å². The van der Waals surface area contributed by atoms with Crippen molar-refractivity contribution in [2.45, 2.75) is 18.9 Å². The number of carbonyl (C=O) groups excluding carboxylic acids is 3. The van der Waals surface area contributed by atoms with E-state index in [1.54, 1.807) is 46.2 Å². The molecule has 0 saturated carbocycles. The number of hydrogen-bond donors (Lipinski definition) is 1. The van der Waals surface area contributed by atoms with E-state index in [-0.39, 0.29) is 23.7 Å². The highest BCUT2D eigenvalue weighted by molar-refractivity contribution is 9.10. The van der Waals surface area contributed by atoms with Crippen LogP contribution in [0, 0.1) is 0 Å². The summed E-state index contributed by atoms with van der Waals surface area (Å²) in [5, 5.41) is 2.73. The Kier molecular flexibility index (Phi) is 6.19. The van der Waals surface area contributed by atoms with Crippen molar-refractivity contribution in [1.29, 1.82) is 0 Å². The van der Waals surface area contributed by atoms with Crippen molar-refractivity contribution >= 4 is 39.3 Å². The van der Waals surface area contributed by atoms with Crippen molar-refractivity contribution in [3.05, 3.63) is 52.4 Å². The van der Waals surface area contributed by atoms with Crippen molar-refractivity contribution in [2.24, 2.45) is 0 Å². The van der Waals surface area contributed by atoms with Crippen molar-refractivity contribution in [3.63, 3.8) is 0 Å². The summed E-state index contributed by atoms with van der Waals surface area (Å²) >= 11 is 3.16. The van der Waals surface area contributed by atoms with E-state index in [1.807, 2.05) is 0 Å². The van der Waals surface area contributed by atoms with Gasteiger partial charge in [-0.1, -0.05) is 6.07 Å². The van der Waals surface area contributed by atoms with E-state index in [1.165, 1.54) is 0 Å². The molecule has 1 unspecified atom stereocenters. The summed E-state index contributed by atoms with van der Waals surface area (Å²) in [4.78, 5) is 41.1. The number of halogens is 1. The molecule has 9 heteroatoms. The van der Waals surface area contributed by atoms with Gasteiger partial charge in [-0.2, -0.15) is 0 Å². The molecule has 8 nitrogen and oxygen atoms in total. The van der Waals surface area contributed by atoms with Gasteiger partial charge in [0.05, 0.1) is 0 Å². The third-order valence-corrected chi connectivity index (χ3v) is 5.67. The van der Waals surface area contributed by atoms with Crippen LogP contribution in [0.5, 0.6) is 0 Å². The fourth-order valence-electron chi connectivity index (χ4n) is 3.65. The maximum Gasteiger partial charge on any atom is 0.291 e. The van der Waals surface area contributed by atoms with Gasteiger partial charge >= 0.3 is 0 Å². The molecule has 1 aromatic carbocycles. The smallest absolute Gasteiger partial charge is 0.291 e. The Morgan fingerprint density at radius 2 is 1.80 bits per heavy atom. The van der Waals surface area contributed by atoms with Gasteiger partial charge in [0.15, 0.2) is 10.4 Å². The molecule has 4 rings (SSSR count). The Hall–Kier alpha value is -2.65. The van der Waals surface area contributed by atoms with Crippen LogP contribution in [-0.4, -0.2) is 66.4 Å². The summed E-state index contributed by atoms with van der Waals surface area (Å²) in [5.41, 5.74) is 0.984. The number of piperazine rings is 1. The molecular weight excluding hydrogens is 454 g/mol. The predicted molar refractivity (Wildman–Crippen MR) is 112 cm³/mol. The van der Waals surface area contributed by atoms with Crippen LogP contribution in [-0.2, 0) is 9.53 Å². The molecule has 2 fully saturated rings. The van der Waals surface area contributed by atoms with Gasteiger partial charge in [0.2, 0.25) is 0 Å². The number of benzene rings is 1. The first-order valence-electron chi connectivity index (χ1n) is 9.88. The number of nitrogens with one attached hydrogen (secondary N) is 1. The largest absolute Gasteiger partial charge is 0.444 e. The van der Waals surface area contributed by atoms with Crippen molar-refractivity contribution < 1.29 is 23.5 Å². The second-order valence-electron chi connectivity index (χ2n) is 7.26. The summed E-state index contributed by atoms with van der Waals surface area (Å²) in [5.74, 6) is -0.331. The van der Waals surface area contributed by atoms with Crippen LogP contribution in [0.2, 0.25) is 0 Å². The molecule has 0 radical (unpaired) electrons. The molecule has 1 aromatic heterocycles. The quantitative estimate of drug-likeness (QED) is 0.733. The van der Waals surface area contributed by atoms with Crippen molar-refractivity contribution in [2.75, 3.05) is 38.1 Å². The number of anilines is 1. The molecule has 0 spiro atoms. The standard InChI is InChI=1S/C21H22BrN3O5/c22-18-7-6-16(30-18)19(26)23-15-4-1-3-14(13-15)20(27)24-8-10-25(11-9-24)21(28)17-5-2-12-29-17/h1,3-4,6-7,13,17H,2,5,8-12H2,(H,23,26). The lowest BCUT2D eigenvalue weighted by Gasteiger charge is -2.35. The fourth-order valence-corrected chi connectivity index (χ4v) is 3.95. The monoisotopic (exact) mass is 475 g/mol. The minimum Gasteiger partial charge on any atom is -0.444 e. The molecule has 2 aliphatic heterocycles. The Morgan fingerprint density at radius 1 is 1.03 bits per heavy atom. The lowest BCUT2D eigenvalue weighted by molar-refractivity contribution is -0.142. The fraction of sp³-hybridized carbons (Fsp3) is 0.381. The first-order chi connectivity index (χ1) is 14.5. The van der Waals surface area contributed by atoms with Gasteiger partial charge in [0.25, 0.3) is 17.7 Å². The molecule has 3 heterocycles. The van der Waals surface area contributed by atoms with Gasteiger partial charge in [-0.15, -0.1) is 0 Å². The predicted octanol–water partition coefficient (Wildman–Crippen LogP) is 2.76. The van der Waals surface area contributed by atoms with Crippen molar-refractivity contribution in [3.8, 4) is 0 Å². The number of carbonyl (C=O) groups is 3. The van der Waals surface area contributed by atoms with Crippen LogP contribution in [0.4, 0.5) is 5.69 Å². The molecule has 0 bridgehead atoms. The maximum absolute atomic E-state index is 12.9. The number of furan rings is 1. The summed E-state index contributed by atoms with van der Waals surface area (Å²) in [6.07, 6.45) is 1.35. The lowest BCUT2D eigenvalue weighted by Crippen LogP contribution is -2.52. The number of nitrogens with zero attached hydrogens (tertiary/aromatic N) is 2. The highest BCUT2D eigenvalue weighted by atomic mass is 79.9. The van der Waals surface area contributed by atoms with E-state index >= 15 is 0 Å². The molecule has 158 valence electrons. The van der Waals surface area contributed by atoms with Crippen LogP contribution < -0.4 is 5.32 Å². The maximum atomic E-state index is 12.9. The van der Waals surface area contributed by atoms with E-state index in [9.17, 15) is 14.4 Å².